The van der Waals surface area contributed by atoms with Gasteiger partial charge in [-0.3, -0.25) is 9.89 Å². The second-order valence-corrected chi connectivity index (χ2v) is 8.78. The molecule has 0 fully saturated rings. The van der Waals surface area contributed by atoms with Crippen LogP contribution >= 0.6 is 0 Å². The summed E-state index contributed by atoms with van der Waals surface area (Å²) in [7, 11) is -4.10. The van der Waals surface area contributed by atoms with Gasteiger partial charge in [-0.25, -0.2) is 13.4 Å². The number of aromatic nitrogens is 3. The number of nitrogens with zero attached hydrogens (tertiary/aromatic N) is 2. The number of aryl methyl sites for hydroxylation is 2. The lowest BCUT2D eigenvalue weighted by atomic mass is 10.1. The fraction of sp³-hybridized carbons (Fsp3) is 0.0870. The average Bonchev–Trinajstić information content (AvgIpc) is 3.50. The van der Waals surface area contributed by atoms with Crippen LogP contribution in [0.1, 0.15) is 27.5 Å². The van der Waals surface area contributed by atoms with Gasteiger partial charge in [-0.15, -0.1) is 0 Å². The standard InChI is InChI=1S/C23H19N3O5S/c27-20(14-21(28)22-24-15-25-26-22)19-13-17(12-11-16-7-3-1-4-8-16)31-23(19)32(29,30)18-9-5-2-6-10-18/h1-10,13-15,28H,11-12H2,(H,24,25,26). The van der Waals surface area contributed by atoms with Crippen molar-refractivity contribution in [3.8, 4) is 0 Å². The van der Waals surface area contributed by atoms with E-state index in [0.717, 1.165) is 11.6 Å². The van der Waals surface area contributed by atoms with E-state index in [-0.39, 0.29) is 16.3 Å². The molecule has 162 valence electrons. The maximum absolute atomic E-state index is 13.2. The smallest absolute Gasteiger partial charge is 0.240 e. The van der Waals surface area contributed by atoms with Gasteiger partial charge in [0.25, 0.3) is 0 Å². The normalized spacial score (nSPS) is 12.1. The van der Waals surface area contributed by atoms with Crippen molar-refractivity contribution in [1.82, 2.24) is 15.2 Å². The number of carbonyl (C=O) groups excluding carboxylic acids is 1. The Balaban J connectivity index is 1.72. The van der Waals surface area contributed by atoms with Gasteiger partial charge in [-0.05, 0) is 30.2 Å². The van der Waals surface area contributed by atoms with Crippen LogP contribution in [0.5, 0.6) is 0 Å². The third kappa shape index (κ3) is 4.52. The Hall–Kier alpha value is -3.98. The molecule has 0 amide bonds. The first-order chi connectivity index (χ1) is 15.4. The molecule has 4 aromatic rings. The highest BCUT2D eigenvalue weighted by molar-refractivity contribution is 7.91. The number of carbonyl (C=O) groups is 1. The third-order valence-electron chi connectivity index (χ3n) is 4.73. The molecule has 2 heterocycles. The Labute approximate surface area is 184 Å². The first-order valence-corrected chi connectivity index (χ1v) is 11.2. The summed E-state index contributed by atoms with van der Waals surface area (Å²) in [5, 5.41) is 15.8. The molecule has 0 unspecified atom stereocenters. The first kappa shape index (κ1) is 21.3. The second-order valence-electron chi connectivity index (χ2n) is 6.93. The highest BCUT2D eigenvalue weighted by atomic mass is 32.2. The van der Waals surface area contributed by atoms with Crippen LogP contribution in [0.2, 0.25) is 0 Å². The van der Waals surface area contributed by atoms with Crippen molar-refractivity contribution in [2.75, 3.05) is 0 Å². The number of aromatic amines is 1. The van der Waals surface area contributed by atoms with Crippen molar-refractivity contribution in [2.45, 2.75) is 22.8 Å². The summed E-state index contributed by atoms with van der Waals surface area (Å²) < 4.78 is 32.1. The number of ketones is 1. The first-order valence-electron chi connectivity index (χ1n) is 9.73. The van der Waals surface area contributed by atoms with Crippen molar-refractivity contribution >= 4 is 21.4 Å². The summed E-state index contributed by atoms with van der Waals surface area (Å²) in [6, 6.07) is 18.8. The zero-order valence-corrected chi connectivity index (χ0v) is 17.6. The molecule has 2 aromatic heterocycles. The average molecular weight is 449 g/mol. The number of H-pyrrole nitrogens is 1. The number of furan rings is 1. The molecule has 32 heavy (non-hydrogen) atoms. The maximum Gasteiger partial charge on any atom is 0.240 e. The molecule has 9 heteroatoms. The second kappa shape index (κ2) is 9.03. The lowest BCUT2D eigenvalue weighted by Gasteiger charge is -2.03. The predicted molar refractivity (Wildman–Crippen MR) is 116 cm³/mol. The van der Waals surface area contributed by atoms with E-state index in [4.69, 9.17) is 4.42 Å². The van der Waals surface area contributed by atoms with Gasteiger partial charge in [0.2, 0.25) is 20.8 Å². The minimum absolute atomic E-state index is 0.000166. The van der Waals surface area contributed by atoms with Crippen LogP contribution in [0.15, 0.2) is 93.5 Å². The number of sulfone groups is 1. The summed E-state index contributed by atoms with van der Waals surface area (Å²) in [5.41, 5.74) is 0.880. The van der Waals surface area contributed by atoms with Gasteiger partial charge < -0.3 is 9.52 Å². The van der Waals surface area contributed by atoms with Crippen molar-refractivity contribution < 1.29 is 22.7 Å². The van der Waals surface area contributed by atoms with E-state index in [9.17, 15) is 18.3 Å². The zero-order chi connectivity index (χ0) is 22.6. The van der Waals surface area contributed by atoms with Gasteiger partial charge in [0.05, 0.1) is 10.5 Å². The molecule has 8 nitrogen and oxygen atoms in total. The molecule has 2 aromatic carbocycles. The number of hydrogen-bond donors (Lipinski definition) is 2. The monoisotopic (exact) mass is 449 g/mol. The van der Waals surface area contributed by atoms with Crippen molar-refractivity contribution in [3.05, 3.63) is 102 Å². The molecule has 0 bridgehead atoms. The predicted octanol–water partition coefficient (Wildman–Crippen LogP) is 3.80. The Morgan fingerprint density at radius 1 is 1.03 bits per heavy atom. The Bertz CT molecular complexity index is 1340. The molecule has 0 saturated heterocycles. The summed E-state index contributed by atoms with van der Waals surface area (Å²) in [4.78, 5) is 16.7. The third-order valence-corrected chi connectivity index (χ3v) is 6.41. The van der Waals surface area contributed by atoms with Crippen molar-refractivity contribution in [3.63, 3.8) is 0 Å². The lowest BCUT2D eigenvalue weighted by Crippen LogP contribution is -2.07. The Kier molecular flexibility index (Phi) is 6.00. The molecule has 0 aliphatic rings. The maximum atomic E-state index is 13.2. The molecule has 0 aliphatic carbocycles. The number of hydrogen-bond acceptors (Lipinski definition) is 7. The van der Waals surface area contributed by atoms with Gasteiger partial charge in [-0.2, -0.15) is 5.10 Å². The van der Waals surface area contributed by atoms with E-state index in [1.807, 2.05) is 30.3 Å². The van der Waals surface area contributed by atoms with Crippen molar-refractivity contribution in [2.24, 2.45) is 0 Å². The minimum Gasteiger partial charge on any atom is -0.504 e. The van der Waals surface area contributed by atoms with Crippen LogP contribution in [0.3, 0.4) is 0 Å². The molecule has 0 spiro atoms. The van der Waals surface area contributed by atoms with Crippen LogP contribution < -0.4 is 0 Å². The Morgan fingerprint density at radius 2 is 1.72 bits per heavy atom. The topological polar surface area (TPSA) is 126 Å². The molecule has 4 rings (SSSR count). The van der Waals surface area contributed by atoms with E-state index in [0.29, 0.717) is 18.6 Å². The van der Waals surface area contributed by atoms with Crippen molar-refractivity contribution in [1.29, 1.82) is 0 Å². The van der Waals surface area contributed by atoms with E-state index in [1.165, 1.54) is 24.5 Å². The zero-order valence-electron chi connectivity index (χ0n) is 16.8. The molecule has 0 aliphatic heterocycles. The molecule has 0 saturated carbocycles. The molecule has 0 radical (unpaired) electrons. The summed E-state index contributed by atoms with van der Waals surface area (Å²) in [5.74, 6) is -0.973. The molecular formula is C23H19N3O5S. The van der Waals surface area contributed by atoms with Gasteiger partial charge in [-0.1, -0.05) is 48.5 Å². The number of aliphatic hydroxyl groups is 1. The van der Waals surface area contributed by atoms with E-state index in [2.05, 4.69) is 15.2 Å². The quantitative estimate of drug-likeness (QED) is 0.238. The number of rotatable bonds is 8. The minimum atomic E-state index is -4.10. The summed E-state index contributed by atoms with van der Waals surface area (Å²) in [6.45, 7) is 0. The Morgan fingerprint density at radius 3 is 2.38 bits per heavy atom. The van der Waals surface area contributed by atoms with Crippen LogP contribution in [0.25, 0.3) is 5.76 Å². The van der Waals surface area contributed by atoms with Gasteiger partial charge in [0, 0.05) is 12.5 Å². The summed E-state index contributed by atoms with van der Waals surface area (Å²) in [6.07, 6.45) is 3.12. The van der Waals surface area contributed by atoms with Crippen LogP contribution in [-0.4, -0.2) is 34.5 Å². The van der Waals surface area contributed by atoms with Crippen LogP contribution in [-0.2, 0) is 22.7 Å². The molecular weight excluding hydrogens is 430 g/mol. The van der Waals surface area contributed by atoms with Gasteiger partial charge in [0.15, 0.2) is 11.5 Å². The number of aliphatic hydroxyl groups excluding tert-OH is 1. The van der Waals surface area contributed by atoms with Gasteiger partial charge >= 0.3 is 0 Å². The fourth-order valence-electron chi connectivity index (χ4n) is 3.14. The molecule has 0 atom stereocenters. The molecule has 2 N–H and O–H groups in total. The largest absolute Gasteiger partial charge is 0.504 e. The van der Waals surface area contributed by atoms with Gasteiger partial charge in [0.1, 0.15) is 12.1 Å². The van der Waals surface area contributed by atoms with E-state index >= 15 is 0 Å². The van der Waals surface area contributed by atoms with E-state index in [1.54, 1.807) is 18.2 Å². The van der Waals surface area contributed by atoms with E-state index < -0.39 is 26.5 Å². The lowest BCUT2D eigenvalue weighted by molar-refractivity contribution is 0.104. The summed E-state index contributed by atoms with van der Waals surface area (Å²) >= 11 is 0. The highest BCUT2D eigenvalue weighted by Crippen LogP contribution is 2.29. The van der Waals surface area contributed by atoms with Crippen LogP contribution in [0.4, 0.5) is 0 Å². The highest BCUT2D eigenvalue weighted by Gasteiger charge is 2.29. The fourth-order valence-corrected chi connectivity index (χ4v) is 4.53. The van der Waals surface area contributed by atoms with Crippen LogP contribution in [0, 0.1) is 0 Å². The number of nitrogens with one attached hydrogen (secondary N) is 1. The number of benzene rings is 2. The SMILES string of the molecule is O=C(C=C(O)c1nc[nH]n1)c1cc(CCc2ccccc2)oc1S(=O)(=O)c1ccccc1. The number of allylic oxidation sites excluding steroid dienone is 1.